The van der Waals surface area contributed by atoms with Gasteiger partial charge < -0.3 is 15.2 Å². The Morgan fingerprint density at radius 1 is 1.16 bits per heavy atom. The van der Waals surface area contributed by atoms with Gasteiger partial charge in [-0.3, -0.25) is 0 Å². The van der Waals surface area contributed by atoms with E-state index in [9.17, 15) is 0 Å². The van der Waals surface area contributed by atoms with Gasteiger partial charge in [0.1, 0.15) is 23.8 Å². The van der Waals surface area contributed by atoms with Crippen molar-refractivity contribution in [1.29, 1.82) is 0 Å². The SMILES string of the molecule is CCNc1nc(C)nc(NCc2nncn2C)c1C. The largest absolute Gasteiger partial charge is 0.370 e. The fourth-order valence-corrected chi connectivity index (χ4v) is 1.77. The lowest BCUT2D eigenvalue weighted by molar-refractivity contribution is 0.808. The van der Waals surface area contributed by atoms with Crippen molar-refractivity contribution < 1.29 is 0 Å². The normalized spacial score (nSPS) is 10.5. The van der Waals surface area contributed by atoms with E-state index in [-0.39, 0.29) is 0 Å². The molecule has 0 radical (unpaired) electrons. The lowest BCUT2D eigenvalue weighted by Gasteiger charge is -2.13. The molecule has 0 saturated heterocycles. The lowest BCUT2D eigenvalue weighted by Crippen LogP contribution is -2.11. The molecule has 102 valence electrons. The second kappa shape index (κ2) is 5.64. The highest BCUT2D eigenvalue weighted by atomic mass is 15.3. The molecular formula is C12H19N7. The van der Waals surface area contributed by atoms with Gasteiger partial charge in [-0.05, 0) is 20.8 Å². The smallest absolute Gasteiger partial charge is 0.151 e. The summed E-state index contributed by atoms with van der Waals surface area (Å²) in [5, 5.41) is 14.4. The van der Waals surface area contributed by atoms with Crippen molar-refractivity contribution in [3.8, 4) is 0 Å². The Morgan fingerprint density at radius 2 is 1.84 bits per heavy atom. The first-order valence-corrected chi connectivity index (χ1v) is 6.27. The number of aromatic nitrogens is 5. The predicted molar refractivity (Wildman–Crippen MR) is 74.0 cm³/mol. The van der Waals surface area contributed by atoms with Gasteiger partial charge in [0.2, 0.25) is 0 Å². The molecule has 0 aliphatic heterocycles. The molecule has 7 nitrogen and oxygen atoms in total. The zero-order valence-corrected chi connectivity index (χ0v) is 11.7. The molecule has 2 aromatic heterocycles. The van der Waals surface area contributed by atoms with Crippen LogP contribution in [0.15, 0.2) is 6.33 Å². The van der Waals surface area contributed by atoms with Gasteiger partial charge in [-0.2, -0.15) is 0 Å². The molecular weight excluding hydrogens is 242 g/mol. The quantitative estimate of drug-likeness (QED) is 0.843. The molecule has 0 atom stereocenters. The van der Waals surface area contributed by atoms with Crippen molar-refractivity contribution >= 4 is 11.6 Å². The van der Waals surface area contributed by atoms with Gasteiger partial charge in [0.15, 0.2) is 5.82 Å². The van der Waals surface area contributed by atoms with E-state index in [1.807, 2.05) is 32.4 Å². The molecule has 0 aliphatic rings. The van der Waals surface area contributed by atoms with E-state index in [0.29, 0.717) is 6.54 Å². The molecule has 2 heterocycles. The van der Waals surface area contributed by atoms with E-state index >= 15 is 0 Å². The predicted octanol–water partition coefficient (Wildman–Crippen LogP) is 1.27. The Balaban J connectivity index is 2.18. The number of hydrogen-bond acceptors (Lipinski definition) is 6. The fourth-order valence-electron chi connectivity index (χ4n) is 1.77. The zero-order chi connectivity index (χ0) is 13.8. The van der Waals surface area contributed by atoms with Gasteiger partial charge in [-0.15, -0.1) is 10.2 Å². The third kappa shape index (κ3) is 2.98. The van der Waals surface area contributed by atoms with Crippen LogP contribution in [0.1, 0.15) is 24.1 Å². The maximum absolute atomic E-state index is 4.43. The van der Waals surface area contributed by atoms with Gasteiger partial charge in [-0.25, -0.2) is 9.97 Å². The van der Waals surface area contributed by atoms with Crippen LogP contribution < -0.4 is 10.6 Å². The van der Waals surface area contributed by atoms with Gasteiger partial charge in [0.05, 0.1) is 6.54 Å². The molecule has 0 spiro atoms. The molecule has 2 aromatic rings. The summed E-state index contributed by atoms with van der Waals surface area (Å²) in [6.07, 6.45) is 1.68. The summed E-state index contributed by atoms with van der Waals surface area (Å²) in [6.45, 7) is 7.34. The topological polar surface area (TPSA) is 80.6 Å². The standard InChI is InChI=1S/C12H19N7/c1-5-13-11-8(2)12(17-9(3)16-11)14-6-10-18-15-7-19(10)4/h7H,5-6H2,1-4H3,(H2,13,14,16,17). The summed E-state index contributed by atoms with van der Waals surface area (Å²) in [4.78, 5) is 8.82. The Morgan fingerprint density at radius 3 is 2.42 bits per heavy atom. The van der Waals surface area contributed by atoms with Gasteiger partial charge in [-0.1, -0.05) is 0 Å². The molecule has 2 N–H and O–H groups in total. The summed E-state index contributed by atoms with van der Waals surface area (Å²) >= 11 is 0. The van der Waals surface area contributed by atoms with Crippen molar-refractivity contribution in [1.82, 2.24) is 24.7 Å². The van der Waals surface area contributed by atoms with Gasteiger partial charge in [0, 0.05) is 19.2 Å². The van der Waals surface area contributed by atoms with E-state index < -0.39 is 0 Å². The maximum atomic E-state index is 4.43. The summed E-state index contributed by atoms with van der Waals surface area (Å²) in [5.41, 5.74) is 1.01. The summed E-state index contributed by atoms with van der Waals surface area (Å²) in [6, 6.07) is 0. The molecule has 2 rings (SSSR count). The second-order valence-electron chi connectivity index (χ2n) is 4.33. The van der Waals surface area contributed by atoms with Crippen LogP contribution in [0.25, 0.3) is 0 Å². The minimum atomic E-state index is 0.583. The Labute approximate surface area is 112 Å². The molecule has 0 bridgehead atoms. The van der Waals surface area contributed by atoms with Crippen LogP contribution in [0.5, 0.6) is 0 Å². The van der Waals surface area contributed by atoms with Crippen LogP contribution in [-0.4, -0.2) is 31.3 Å². The number of aryl methyl sites for hydroxylation is 2. The van der Waals surface area contributed by atoms with E-state index in [1.165, 1.54) is 0 Å². The molecule has 19 heavy (non-hydrogen) atoms. The van der Waals surface area contributed by atoms with Crippen molar-refractivity contribution in [2.75, 3.05) is 17.2 Å². The molecule has 0 fully saturated rings. The first kappa shape index (κ1) is 13.3. The molecule has 0 aliphatic carbocycles. The van der Waals surface area contributed by atoms with Crippen molar-refractivity contribution in [3.05, 3.63) is 23.5 Å². The monoisotopic (exact) mass is 261 g/mol. The van der Waals surface area contributed by atoms with Crippen LogP contribution in [0.4, 0.5) is 11.6 Å². The Kier molecular flexibility index (Phi) is 3.94. The summed E-state index contributed by atoms with van der Waals surface area (Å²) < 4.78 is 1.88. The minimum Gasteiger partial charge on any atom is -0.370 e. The van der Waals surface area contributed by atoms with Crippen molar-refractivity contribution in [2.24, 2.45) is 7.05 Å². The van der Waals surface area contributed by atoms with Crippen LogP contribution >= 0.6 is 0 Å². The zero-order valence-electron chi connectivity index (χ0n) is 11.7. The van der Waals surface area contributed by atoms with Gasteiger partial charge in [0.25, 0.3) is 0 Å². The number of anilines is 2. The highest BCUT2D eigenvalue weighted by Gasteiger charge is 2.09. The van der Waals surface area contributed by atoms with Crippen LogP contribution in [0, 0.1) is 13.8 Å². The second-order valence-corrected chi connectivity index (χ2v) is 4.33. The Hall–Kier alpha value is -2.18. The van der Waals surface area contributed by atoms with E-state index in [4.69, 9.17) is 0 Å². The van der Waals surface area contributed by atoms with Crippen molar-refractivity contribution in [2.45, 2.75) is 27.3 Å². The molecule has 0 saturated carbocycles. The first-order chi connectivity index (χ1) is 9.11. The third-order valence-electron chi connectivity index (χ3n) is 2.82. The van der Waals surface area contributed by atoms with Crippen LogP contribution in [-0.2, 0) is 13.6 Å². The van der Waals surface area contributed by atoms with E-state index in [0.717, 1.165) is 35.4 Å². The highest BCUT2D eigenvalue weighted by Crippen LogP contribution is 2.19. The Bertz CT molecular complexity index is 561. The molecule has 0 aromatic carbocycles. The molecule has 0 unspecified atom stereocenters. The maximum Gasteiger partial charge on any atom is 0.151 e. The highest BCUT2D eigenvalue weighted by molar-refractivity contribution is 5.57. The average Bonchev–Trinajstić information content (AvgIpc) is 2.77. The summed E-state index contributed by atoms with van der Waals surface area (Å²) in [7, 11) is 1.92. The summed E-state index contributed by atoms with van der Waals surface area (Å²) in [5.74, 6) is 3.30. The lowest BCUT2D eigenvalue weighted by atomic mass is 10.3. The van der Waals surface area contributed by atoms with Crippen LogP contribution in [0.3, 0.4) is 0 Å². The molecule has 7 heteroatoms. The number of hydrogen-bond donors (Lipinski definition) is 2. The van der Waals surface area contributed by atoms with Crippen LogP contribution in [0.2, 0.25) is 0 Å². The van der Waals surface area contributed by atoms with E-state index in [1.54, 1.807) is 6.33 Å². The van der Waals surface area contributed by atoms with E-state index in [2.05, 4.69) is 30.8 Å². The average molecular weight is 261 g/mol. The number of nitrogens with zero attached hydrogens (tertiary/aromatic N) is 5. The van der Waals surface area contributed by atoms with Crippen molar-refractivity contribution in [3.63, 3.8) is 0 Å². The molecule has 0 amide bonds. The fraction of sp³-hybridized carbons (Fsp3) is 0.500. The number of rotatable bonds is 5. The van der Waals surface area contributed by atoms with Gasteiger partial charge >= 0.3 is 0 Å². The number of nitrogens with one attached hydrogen (secondary N) is 2. The first-order valence-electron chi connectivity index (χ1n) is 6.27. The third-order valence-corrected chi connectivity index (χ3v) is 2.82. The minimum absolute atomic E-state index is 0.583.